The Kier molecular flexibility index (Phi) is 3.15. The standard InChI is InChI=1S/C10H17N3S/c1-13-5-3-2-4-8(11)10(13)9-6-14-7-12-9/h6-8,10H,2-5,11H2,1H3. The highest BCUT2D eigenvalue weighted by molar-refractivity contribution is 7.07. The van der Waals surface area contributed by atoms with Gasteiger partial charge in [0.1, 0.15) is 0 Å². The van der Waals surface area contributed by atoms with Gasteiger partial charge in [0.05, 0.1) is 17.2 Å². The highest BCUT2D eigenvalue weighted by Crippen LogP contribution is 2.27. The maximum absolute atomic E-state index is 6.18. The van der Waals surface area contributed by atoms with Crippen LogP contribution in [-0.2, 0) is 0 Å². The van der Waals surface area contributed by atoms with E-state index in [1.54, 1.807) is 11.3 Å². The molecule has 3 nitrogen and oxygen atoms in total. The number of nitrogens with zero attached hydrogens (tertiary/aromatic N) is 2. The Morgan fingerprint density at radius 1 is 1.57 bits per heavy atom. The summed E-state index contributed by atoms with van der Waals surface area (Å²) in [7, 11) is 2.15. The molecule has 0 saturated carbocycles. The smallest absolute Gasteiger partial charge is 0.0795 e. The van der Waals surface area contributed by atoms with Gasteiger partial charge in [-0.2, -0.15) is 0 Å². The second-order valence-corrected chi connectivity index (χ2v) is 4.72. The van der Waals surface area contributed by atoms with Crippen LogP contribution in [0.1, 0.15) is 31.0 Å². The van der Waals surface area contributed by atoms with Gasteiger partial charge in [0.15, 0.2) is 0 Å². The van der Waals surface area contributed by atoms with Gasteiger partial charge in [-0.15, -0.1) is 11.3 Å². The van der Waals surface area contributed by atoms with Crippen LogP contribution in [-0.4, -0.2) is 29.5 Å². The van der Waals surface area contributed by atoms with Crippen LogP contribution in [0, 0.1) is 0 Å². The van der Waals surface area contributed by atoms with Gasteiger partial charge in [-0.3, -0.25) is 4.90 Å². The first-order valence-corrected chi connectivity index (χ1v) is 6.07. The van der Waals surface area contributed by atoms with Gasteiger partial charge in [0.25, 0.3) is 0 Å². The predicted molar refractivity (Wildman–Crippen MR) is 59.3 cm³/mol. The van der Waals surface area contributed by atoms with Crippen LogP contribution in [0.25, 0.3) is 0 Å². The molecular formula is C10H17N3S. The molecule has 0 bridgehead atoms. The number of hydrogen-bond donors (Lipinski definition) is 1. The van der Waals surface area contributed by atoms with Crippen molar-refractivity contribution in [2.45, 2.75) is 31.3 Å². The van der Waals surface area contributed by atoms with Gasteiger partial charge >= 0.3 is 0 Å². The quantitative estimate of drug-likeness (QED) is 0.767. The molecule has 0 aromatic carbocycles. The van der Waals surface area contributed by atoms with E-state index in [1.807, 2.05) is 5.51 Å². The Morgan fingerprint density at radius 2 is 2.43 bits per heavy atom. The van der Waals surface area contributed by atoms with Gasteiger partial charge in [-0.1, -0.05) is 6.42 Å². The highest BCUT2D eigenvalue weighted by Gasteiger charge is 2.27. The van der Waals surface area contributed by atoms with E-state index in [-0.39, 0.29) is 6.04 Å². The van der Waals surface area contributed by atoms with Crippen molar-refractivity contribution < 1.29 is 0 Å². The van der Waals surface area contributed by atoms with Gasteiger partial charge in [0.2, 0.25) is 0 Å². The fourth-order valence-electron chi connectivity index (χ4n) is 2.18. The Hall–Kier alpha value is -0.450. The topological polar surface area (TPSA) is 42.1 Å². The normalized spacial score (nSPS) is 30.1. The third-order valence-corrected chi connectivity index (χ3v) is 3.54. The van der Waals surface area contributed by atoms with Gasteiger partial charge in [-0.05, 0) is 26.4 Å². The van der Waals surface area contributed by atoms with Crippen molar-refractivity contribution in [1.29, 1.82) is 0 Å². The molecule has 0 radical (unpaired) electrons. The molecule has 1 aromatic heterocycles. The van der Waals surface area contributed by atoms with Crippen LogP contribution < -0.4 is 5.73 Å². The molecule has 0 amide bonds. The van der Waals surface area contributed by atoms with Crippen molar-refractivity contribution in [2.24, 2.45) is 5.73 Å². The lowest BCUT2D eigenvalue weighted by Gasteiger charge is -2.28. The Morgan fingerprint density at radius 3 is 3.14 bits per heavy atom. The summed E-state index contributed by atoms with van der Waals surface area (Å²) in [4.78, 5) is 6.72. The van der Waals surface area contributed by atoms with Crippen molar-refractivity contribution in [3.63, 3.8) is 0 Å². The fraction of sp³-hybridized carbons (Fsp3) is 0.700. The SMILES string of the molecule is CN1CCCCC(N)C1c1cscn1. The summed E-state index contributed by atoms with van der Waals surface area (Å²) in [5, 5.41) is 2.12. The summed E-state index contributed by atoms with van der Waals surface area (Å²) in [6.07, 6.45) is 3.61. The van der Waals surface area contributed by atoms with Crippen molar-refractivity contribution in [3.8, 4) is 0 Å². The minimum absolute atomic E-state index is 0.240. The summed E-state index contributed by atoms with van der Waals surface area (Å²) in [6.45, 7) is 1.13. The van der Waals surface area contributed by atoms with E-state index >= 15 is 0 Å². The number of rotatable bonds is 1. The third kappa shape index (κ3) is 1.97. The van der Waals surface area contributed by atoms with Crippen molar-refractivity contribution >= 4 is 11.3 Å². The van der Waals surface area contributed by atoms with Gasteiger partial charge in [0, 0.05) is 11.4 Å². The lowest BCUT2D eigenvalue weighted by molar-refractivity contribution is 0.226. The molecule has 0 aliphatic carbocycles. The molecule has 0 spiro atoms. The molecule has 2 rings (SSSR count). The molecule has 2 heterocycles. The lowest BCUT2D eigenvalue weighted by Crippen LogP contribution is -2.37. The number of likely N-dealkylation sites (tertiary alicyclic amines) is 1. The summed E-state index contributed by atoms with van der Waals surface area (Å²) in [5.74, 6) is 0. The molecule has 4 heteroatoms. The summed E-state index contributed by atoms with van der Waals surface area (Å²) in [5.41, 5.74) is 9.22. The van der Waals surface area contributed by atoms with Crippen molar-refractivity contribution in [2.75, 3.05) is 13.6 Å². The van der Waals surface area contributed by atoms with Crippen LogP contribution in [0.5, 0.6) is 0 Å². The van der Waals surface area contributed by atoms with Crippen LogP contribution in [0.2, 0.25) is 0 Å². The molecule has 1 aromatic rings. The number of likely N-dealkylation sites (N-methyl/N-ethyl adjacent to an activating group) is 1. The van der Waals surface area contributed by atoms with Gasteiger partial charge < -0.3 is 5.73 Å². The Balaban J connectivity index is 2.20. The second-order valence-electron chi connectivity index (χ2n) is 4.00. The fourth-order valence-corrected chi connectivity index (χ4v) is 2.76. The number of nitrogens with two attached hydrogens (primary N) is 1. The minimum atomic E-state index is 0.240. The molecule has 1 saturated heterocycles. The summed E-state index contributed by atoms with van der Waals surface area (Å²) >= 11 is 1.65. The first-order chi connectivity index (χ1) is 6.79. The van der Waals surface area contributed by atoms with E-state index in [9.17, 15) is 0 Å². The predicted octanol–water partition coefficient (Wildman–Crippen LogP) is 1.63. The number of aromatic nitrogens is 1. The zero-order chi connectivity index (χ0) is 9.97. The van der Waals surface area contributed by atoms with E-state index in [0.717, 1.165) is 18.7 Å². The lowest BCUT2D eigenvalue weighted by atomic mass is 10.0. The van der Waals surface area contributed by atoms with E-state index in [0.29, 0.717) is 6.04 Å². The molecular weight excluding hydrogens is 194 g/mol. The van der Waals surface area contributed by atoms with Crippen LogP contribution in [0.3, 0.4) is 0 Å². The summed E-state index contributed by atoms with van der Waals surface area (Å²) in [6, 6.07) is 0.563. The number of hydrogen-bond acceptors (Lipinski definition) is 4. The second kappa shape index (κ2) is 4.38. The van der Waals surface area contributed by atoms with E-state index in [4.69, 9.17) is 5.73 Å². The molecule has 1 fully saturated rings. The molecule has 2 N–H and O–H groups in total. The average Bonchev–Trinajstić information content (AvgIpc) is 2.61. The minimum Gasteiger partial charge on any atom is -0.326 e. The maximum atomic E-state index is 6.18. The van der Waals surface area contributed by atoms with E-state index in [1.165, 1.54) is 12.8 Å². The Labute approximate surface area is 88.9 Å². The first-order valence-electron chi connectivity index (χ1n) is 5.13. The summed E-state index contributed by atoms with van der Waals surface area (Å²) < 4.78 is 0. The first kappa shape index (κ1) is 10.1. The van der Waals surface area contributed by atoms with Crippen LogP contribution in [0.15, 0.2) is 10.9 Å². The van der Waals surface area contributed by atoms with E-state index < -0.39 is 0 Å². The molecule has 1 aliphatic rings. The molecule has 78 valence electrons. The maximum Gasteiger partial charge on any atom is 0.0795 e. The average molecular weight is 211 g/mol. The molecule has 14 heavy (non-hydrogen) atoms. The molecule has 2 unspecified atom stereocenters. The number of thiazole rings is 1. The third-order valence-electron chi connectivity index (χ3n) is 2.93. The van der Waals surface area contributed by atoms with Crippen molar-refractivity contribution in [1.82, 2.24) is 9.88 Å². The Bertz CT molecular complexity index is 261. The molecule has 2 atom stereocenters. The van der Waals surface area contributed by atoms with Gasteiger partial charge in [-0.25, -0.2) is 4.98 Å². The molecule has 1 aliphatic heterocycles. The zero-order valence-electron chi connectivity index (χ0n) is 8.52. The zero-order valence-corrected chi connectivity index (χ0v) is 9.33. The van der Waals surface area contributed by atoms with Crippen LogP contribution in [0.4, 0.5) is 0 Å². The highest BCUT2D eigenvalue weighted by atomic mass is 32.1. The van der Waals surface area contributed by atoms with Crippen LogP contribution >= 0.6 is 11.3 Å². The largest absolute Gasteiger partial charge is 0.326 e. The van der Waals surface area contributed by atoms with E-state index in [2.05, 4.69) is 22.3 Å². The monoisotopic (exact) mass is 211 g/mol. The van der Waals surface area contributed by atoms with Crippen molar-refractivity contribution in [3.05, 3.63) is 16.6 Å².